The van der Waals surface area contributed by atoms with Gasteiger partial charge in [0, 0.05) is 25.6 Å². The number of carbonyl (C=O) groups is 1. The normalized spacial score (nSPS) is 28.7. The molecule has 0 aliphatic heterocycles. The first kappa shape index (κ1) is 16.6. The van der Waals surface area contributed by atoms with Crippen molar-refractivity contribution in [3.63, 3.8) is 0 Å². The third-order valence-corrected chi connectivity index (χ3v) is 6.37. The number of hydrogen-bond acceptors (Lipinski definition) is 2. The number of nitrogens with two attached hydrogens (primary N) is 1. The van der Waals surface area contributed by atoms with Crippen LogP contribution in [0, 0.1) is 17.8 Å². The lowest BCUT2D eigenvalue weighted by molar-refractivity contribution is -0.137. The molecule has 0 radical (unpaired) electrons. The average Bonchev–Trinajstić information content (AvgIpc) is 2.61. The van der Waals surface area contributed by atoms with E-state index in [1.807, 2.05) is 11.9 Å². The van der Waals surface area contributed by atoms with Gasteiger partial charge in [0.05, 0.1) is 0 Å². The molecule has 4 rings (SSSR count). The molecule has 0 saturated heterocycles. The number of amides is 1. The van der Waals surface area contributed by atoms with Gasteiger partial charge < -0.3 is 10.6 Å². The minimum Gasteiger partial charge on any atom is -0.341 e. The molecule has 2 aliphatic rings. The fraction of sp³-hybridized carbons (Fsp3) is 0.500. The van der Waals surface area contributed by atoms with Crippen LogP contribution in [0.1, 0.15) is 37.7 Å². The molecule has 2 saturated carbocycles. The Morgan fingerprint density at radius 2 is 1.76 bits per heavy atom. The second kappa shape index (κ2) is 6.80. The number of fused-ring (bicyclic) bond motifs is 3. The standard InChI is InChI=1S/C22H28N2O/c1-24(14-15-9-10-16-5-2-3-6-17(16)11-15)22(25)20-12-18-7-4-8-19(13-20)21(18)23/h2-3,5-6,9-11,18-21H,4,7-8,12-14,23H2,1H3. The van der Waals surface area contributed by atoms with Gasteiger partial charge in [-0.15, -0.1) is 0 Å². The summed E-state index contributed by atoms with van der Waals surface area (Å²) in [6, 6.07) is 15.2. The van der Waals surface area contributed by atoms with E-state index in [-0.39, 0.29) is 5.92 Å². The van der Waals surface area contributed by atoms with E-state index in [0.717, 1.165) is 12.8 Å². The molecule has 3 nitrogen and oxygen atoms in total. The number of benzene rings is 2. The lowest BCUT2D eigenvalue weighted by Crippen LogP contribution is -2.49. The van der Waals surface area contributed by atoms with Crippen molar-refractivity contribution in [2.45, 2.75) is 44.7 Å². The van der Waals surface area contributed by atoms with E-state index in [1.54, 1.807) is 0 Å². The Hall–Kier alpha value is -1.87. The first-order valence-electron chi connectivity index (χ1n) is 9.60. The van der Waals surface area contributed by atoms with Crippen molar-refractivity contribution in [2.24, 2.45) is 23.5 Å². The van der Waals surface area contributed by atoms with Crippen molar-refractivity contribution >= 4 is 16.7 Å². The van der Waals surface area contributed by atoms with E-state index < -0.39 is 0 Å². The first-order chi connectivity index (χ1) is 12.1. The summed E-state index contributed by atoms with van der Waals surface area (Å²) in [6.45, 7) is 0.682. The van der Waals surface area contributed by atoms with Crippen LogP contribution < -0.4 is 5.73 Å². The van der Waals surface area contributed by atoms with Gasteiger partial charge in [-0.05, 0) is 59.9 Å². The highest BCUT2D eigenvalue weighted by atomic mass is 16.2. The van der Waals surface area contributed by atoms with E-state index in [1.165, 1.54) is 35.6 Å². The Morgan fingerprint density at radius 1 is 1.08 bits per heavy atom. The highest BCUT2D eigenvalue weighted by Crippen LogP contribution is 2.42. The fourth-order valence-electron chi connectivity index (χ4n) is 4.99. The van der Waals surface area contributed by atoms with Gasteiger partial charge in [0.2, 0.25) is 5.91 Å². The van der Waals surface area contributed by atoms with E-state index in [0.29, 0.717) is 30.3 Å². The van der Waals surface area contributed by atoms with Crippen LogP contribution in [0.5, 0.6) is 0 Å². The number of rotatable bonds is 3. The van der Waals surface area contributed by atoms with Crippen molar-refractivity contribution in [3.8, 4) is 0 Å². The Kier molecular flexibility index (Phi) is 4.51. The molecule has 132 valence electrons. The highest BCUT2D eigenvalue weighted by molar-refractivity contribution is 5.83. The SMILES string of the molecule is CN(Cc1ccc2ccccc2c1)C(=O)C1CC2CCCC(C1)C2N. The molecule has 1 amide bonds. The quantitative estimate of drug-likeness (QED) is 0.922. The van der Waals surface area contributed by atoms with E-state index in [9.17, 15) is 4.79 Å². The Labute approximate surface area is 150 Å². The van der Waals surface area contributed by atoms with Gasteiger partial charge >= 0.3 is 0 Å². The van der Waals surface area contributed by atoms with Crippen molar-refractivity contribution in [2.75, 3.05) is 7.05 Å². The molecule has 2 atom stereocenters. The smallest absolute Gasteiger partial charge is 0.225 e. The van der Waals surface area contributed by atoms with Gasteiger partial charge in [0.1, 0.15) is 0 Å². The molecule has 25 heavy (non-hydrogen) atoms. The topological polar surface area (TPSA) is 46.3 Å². The molecule has 0 heterocycles. The molecule has 2 fully saturated rings. The molecular weight excluding hydrogens is 308 g/mol. The molecular formula is C22H28N2O. The van der Waals surface area contributed by atoms with E-state index >= 15 is 0 Å². The van der Waals surface area contributed by atoms with Crippen LogP contribution in [0.2, 0.25) is 0 Å². The fourth-order valence-corrected chi connectivity index (χ4v) is 4.99. The van der Waals surface area contributed by atoms with Crippen LogP contribution in [0.3, 0.4) is 0 Å². The summed E-state index contributed by atoms with van der Waals surface area (Å²) in [4.78, 5) is 14.9. The van der Waals surface area contributed by atoms with Gasteiger partial charge in [0.25, 0.3) is 0 Å². The van der Waals surface area contributed by atoms with Gasteiger partial charge in [-0.3, -0.25) is 4.79 Å². The van der Waals surface area contributed by atoms with Crippen LogP contribution >= 0.6 is 0 Å². The molecule has 2 aromatic rings. The zero-order valence-corrected chi connectivity index (χ0v) is 15.0. The Balaban J connectivity index is 1.44. The number of nitrogens with zero attached hydrogens (tertiary/aromatic N) is 1. The van der Waals surface area contributed by atoms with Crippen LogP contribution in [0.25, 0.3) is 10.8 Å². The van der Waals surface area contributed by atoms with Crippen LogP contribution in [-0.4, -0.2) is 23.9 Å². The van der Waals surface area contributed by atoms with Gasteiger partial charge in [0.15, 0.2) is 0 Å². The predicted octanol–water partition coefficient (Wildman–Crippen LogP) is 3.95. The lowest BCUT2D eigenvalue weighted by atomic mass is 9.65. The zero-order valence-electron chi connectivity index (χ0n) is 15.0. The van der Waals surface area contributed by atoms with Crippen molar-refractivity contribution in [1.82, 2.24) is 4.90 Å². The molecule has 0 aromatic heterocycles. The molecule has 3 heteroatoms. The maximum Gasteiger partial charge on any atom is 0.225 e. The first-order valence-corrected chi connectivity index (χ1v) is 9.60. The molecule has 2 N–H and O–H groups in total. The molecule has 2 unspecified atom stereocenters. The number of carbonyl (C=O) groups excluding carboxylic acids is 1. The Bertz CT molecular complexity index is 757. The van der Waals surface area contributed by atoms with Crippen LogP contribution in [0.15, 0.2) is 42.5 Å². The minimum atomic E-state index is 0.167. The lowest BCUT2D eigenvalue weighted by Gasteiger charge is -2.44. The second-order valence-electron chi connectivity index (χ2n) is 8.07. The molecule has 2 aliphatic carbocycles. The largest absolute Gasteiger partial charge is 0.341 e. The predicted molar refractivity (Wildman–Crippen MR) is 102 cm³/mol. The van der Waals surface area contributed by atoms with Crippen LogP contribution in [-0.2, 0) is 11.3 Å². The molecule has 2 aromatic carbocycles. The summed E-state index contributed by atoms with van der Waals surface area (Å²) in [7, 11) is 1.95. The third-order valence-electron chi connectivity index (χ3n) is 6.37. The Morgan fingerprint density at radius 3 is 2.48 bits per heavy atom. The monoisotopic (exact) mass is 336 g/mol. The maximum absolute atomic E-state index is 13.0. The van der Waals surface area contributed by atoms with E-state index in [2.05, 4.69) is 42.5 Å². The number of hydrogen-bond donors (Lipinski definition) is 1. The summed E-state index contributed by atoms with van der Waals surface area (Å²) >= 11 is 0. The van der Waals surface area contributed by atoms with Crippen molar-refractivity contribution in [1.29, 1.82) is 0 Å². The summed E-state index contributed by atoms with van der Waals surface area (Å²) in [5.74, 6) is 1.57. The van der Waals surface area contributed by atoms with Crippen molar-refractivity contribution < 1.29 is 4.79 Å². The molecule has 2 bridgehead atoms. The maximum atomic E-state index is 13.0. The molecule has 0 spiro atoms. The van der Waals surface area contributed by atoms with Gasteiger partial charge in [-0.1, -0.05) is 42.8 Å². The summed E-state index contributed by atoms with van der Waals surface area (Å²) in [5.41, 5.74) is 7.57. The summed E-state index contributed by atoms with van der Waals surface area (Å²) in [5, 5.41) is 2.48. The zero-order chi connectivity index (χ0) is 17.4. The average molecular weight is 336 g/mol. The second-order valence-corrected chi connectivity index (χ2v) is 8.07. The van der Waals surface area contributed by atoms with Gasteiger partial charge in [-0.2, -0.15) is 0 Å². The summed E-state index contributed by atoms with van der Waals surface area (Å²) < 4.78 is 0. The van der Waals surface area contributed by atoms with Crippen LogP contribution in [0.4, 0.5) is 0 Å². The summed E-state index contributed by atoms with van der Waals surface area (Å²) in [6.07, 6.45) is 5.67. The van der Waals surface area contributed by atoms with Crippen molar-refractivity contribution in [3.05, 3.63) is 48.0 Å². The van der Waals surface area contributed by atoms with E-state index in [4.69, 9.17) is 5.73 Å². The minimum absolute atomic E-state index is 0.167. The van der Waals surface area contributed by atoms with Gasteiger partial charge in [-0.25, -0.2) is 0 Å². The highest BCUT2D eigenvalue weighted by Gasteiger charge is 2.41. The third kappa shape index (κ3) is 3.30.